The number of urea groups is 1. The SMILES string of the molecule is CC[C@H](NC(=O)N1C(=O)C(Cc2ccnc(N)c2)[C@H]1C(=O)N(C)c1nccn1C)c1ccc(C)nc1C. The Morgan fingerprint density at radius 3 is 2.57 bits per heavy atom. The molecule has 3 aromatic rings. The van der Waals surface area contributed by atoms with Gasteiger partial charge in [0.2, 0.25) is 11.9 Å². The fourth-order valence-corrected chi connectivity index (χ4v) is 4.79. The topological polar surface area (TPSA) is 139 Å². The second-order valence-electron chi connectivity index (χ2n) is 9.33. The van der Waals surface area contributed by atoms with Crippen LogP contribution in [0.3, 0.4) is 0 Å². The molecule has 11 heteroatoms. The van der Waals surface area contributed by atoms with Crippen LogP contribution in [0.5, 0.6) is 0 Å². The van der Waals surface area contributed by atoms with Gasteiger partial charge >= 0.3 is 6.03 Å². The smallest absolute Gasteiger partial charge is 0.325 e. The molecule has 11 nitrogen and oxygen atoms in total. The molecular weight excluding hydrogens is 472 g/mol. The van der Waals surface area contributed by atoms with Gasteiger partial charge in [-0.15, -0.1) is 0 Å². The highest BCUT2D eigenvalue weighted by molar-refractivity contribution is 6.12. The molecule has 0 spiro atoms. The molecule has 0 aliphatic carbocycles. The Balaban J connectivity index is 1.61. The first kappa shape index (κ1) is 25.8. The highest BCUT2D eigenvalue weighted by atomic mass is 16.2. The number of carbonyl (C=O) groups is 3. The lowest BCUT2D eigenvalue weighted by atomic mass is 9.81. The van der Waals surface area contributed by atoms with Crippen LogP contribution in [-0.2, 0) is 23.1 Å². The van der Waals surface area contributed by atoms with Crippen molar-refractivity contribution in [2.24, 2.45) is 13.0 Å². The molecule has 1 saturated heterocycles. The number of anilines is 2. The van der Waals surface area contributed by atoms with Gasteiger partial charge in [0.25, 0.3) is 5.91 Å². The van der Waals surface area contributed by atoms with Gasteiger partial charge in [-0.3, -0.25) is 24.4 Å². The molecule has 1 aliphatic rings. The Kier molecular flexibility index (Phi) is 7.23. The number of nitrogens with zero attached hydrogens (tertiary/aromatic N) is 6. The molecule has 37 heavy (non-hydrogen) atoms. The van der Waals surface area contributed by atoms with E-state index >= 15 is 0 Å². The fourth-order valence-electron chi connectivity index (χ4n) is 4.79. The van der Waals surface area contributed by atoms with Crippen molar-refractivity contribution in [1.82, 2.24) is 29.7 Å². The Labute approximate surface area is 215 Å². The monoisotopic (exact) mass is 504 g/mol. The molecule has 0 radical (unpaired) electrons. The first-order valence-electron chi connectivity index (χ1n) is 12.1. The van der Waals surface area contributed by atoms with E-state index in [1.54, 1.807) is 49.4 Å². The lowest BCUT2D eigenvalue weighted by Gasteiger charge is -2.45. The number of nitrogens with two attached hydrogens (primary N) is 1. The van der Waals surface area contributed by atoms with Gasteiger partial charge in [0.1, 0.15) is 11.9 Å². The average molecular weight is 505 g/mol. The van der Waals surface area contributed by atoms with E-state index in [-0.39, 0.29) is 12.5 Å². The number of nitrogen functional groups attached to an aromatic ring is 1. The quantitative estimate of drug-likeness (QED) is 0.471. The van der Waals surface area contributed by atoms with Crippen LogP contribution in [0.2, 0.25) is 0 Å². The third-order valence-electron chi connectivity index (χ3n) is 6.76. The van der Waals surface area contributed by atoms with Crippen LogP contribution >= 0.6 is 0 Å². The number of hydrogen-bond acceptors (Lipinski definition) is 7. The molecule has 4 rings (SSSR count). The summed E-state index contributed by atoms with van der Waals surface area (Å²) in [5, 5.41) is 2.94. The van der Waals surface area contributed by atoms with Gasteiger partial charge in [0.15, 0.2) is 0 Å². The van der Waals surface area contributed by atoms with Crippen molar-refractivity contribution in [2.45, 2.75) is 45.7 Å². The second kappa shape index (κ2) is 10.4. The molecule has 0 bridgehead atoms. The number of carbonyl (C=O) groups excluding carboxylic acids is 3. The minimum absolute atomic E-state index is 0.248. The third kappa shape index (κ3) is 5.02. The first-order valence-corrected chi connectivity index (χ1v) is 12.1. The van der Waals surface area contributed by atoms with Crippen LogP contribution in [-0.4, -0.2) is 55.4 Å². The van der Waals surface area contributed by atoms with Gasteiger partial charge in [0.05, 0.1) is 12.0 Å². The van der Waals surface area contributed by atoms with Crippen molar-refractivity contribution in [3.63, 3.8) is 0 Å². The third-order valence-corrected chi connectivity index (χ3v) is 6.76. The molecule has 1 aliphatic heterocycles. The van der Waals surface area contributed by atoms with Crippen molar-refractivity contribution < 1.29 is 14.4 Å². The largest absolute Gasteiger partial charge is 0.384 e. The number of likely N-dealkylation sites (N-methyl/N-ethyl adjacent to an activating group) is 1. The van der Waals surface area contributed by atoms with Crippen molar-refractivity contribution in [2.75, 3.05) is 17.7 Å². The van der Waals surface area contributed by atoms with E-state index in [4.69, 9.17) is 5.73 Å². The molecule has 3 atom stereocenters. The van der Waals surface area contributed by atoms with Crippen molar-refractivity contribution in [3.8, 4) is 0 Å². The summed E-state index contributed by atoms with van der Waals surface area (Å²) in [6.07, 6.45) is 5.69. The molecular formula is C26H32N8O3. The number of hydrogen-bond donors (Lipinski definition) is 2. The van der Waals surface area contributed by atoms with E-state index in [0.29, 0.717) is 18.2 Å². The summed E-state index contributed by atoms with van der Waals surface area (Å²) in [6.45, 7) is 5.73. The van der Waals surface area contributed by atoms with Crippen LogP contribution < -0.4 is 16.0 Å². The van der Waals surface area contributed by atoms with E-state index in [2.05, 4.69) is 20.3 Å². The number of β-lactam (4-membered cyclic amide) rings is 1. The average Bonchev–Trinajstić information content (AvgIpc) is 3.29. The predicted octanol–water partition coefficient (Wildman–Crippen LogP) is 2.30. The summed E-state index contributed by atoms with van der Waals surface area (Å²) in [4.78, 5) is 55.6. The lowest BCUT2D eigenvalue weighted by molar-refractivity contribution is -0.156. The molecule has 194 valence electrons. The molecule has 1 unspecified atom stereocenters. The summed E-state index contributed by atoms with van der Waals surface area (Å²) < 4.78 is 1.70. The zero-order valence-corrected chi connectivity index (χ0v) is 21.7. The number of amides is 4. The van der Waals surface area contributed by atoms with E-state index < -0.39 is 29.8 Å². The number of imidazole rings is 1. The van der Waals surface area contributed by atoms with Gasteiger partial charge in [0, 0.05) is 44.1 Å². The highest BCUT2D eigenvalue weighted by Crippen LogP contribution is 2.33. The van der Waals surface area contributed by atoms with Gasteiger partial charge in [-0.1, -0.05) is 13.0 Å². The zero-order valence-electron chi connectivity index (χ0n) is 21.7. The molecule has 3 N–H and O–H groups in total. The number of likely N-dealkylation sites (tertiary alicyclic amines) is 1. The van der Waals surface area contributed by atoms with Gasteiger partial charge < -0.3 is 15.6 Å². The fraction of sp³-hybridized carbons (Fsp3) is 0.385. The predicted molar refractivity (Wildman–Crippen MR) is 138 cm³/mol. The standard InChI is InChI=1S/C26H32N8O3/c1-6-20(18-8-7-15(2)30-16(18)3)31-26(37)34-22(24(36)33(5)25-29-11-12-32(25)4)19(23(34)35)13-17-9-10-28-21(27)14-17/h7-12,14,19-20,22H,6,13H2,1-5H3,(H2,27,28)(H,31,37)/t19?,20-,22-/m0/s1. The Morgan fingerprint density at radius 2 is 1.95 bits per heavy atom. The number of pyridine rings is 2. The van der Waals surface area contributed by atoms with Gasteiger partial charge in [-0.05, 0) is 56.0 Å². The maximum Gasteiger partial charge on any atom is 0.325 e. The van der Waals surface area contributed by atoms with E-state index in [1.165, 1.54) is 4.90 Å². The summed E-state index contributed by atoms with van der Waals surface area (Å²) in [7, 11) is 3.35. The van der Waals surface area contributed by atoms with E-state index in [1.807, 2.05) is 32.9 Å². The molecule has 4 heterocycles. The van der Waals surface area contributed by atoms with Crippen molar-refractivity contribution >= 4 is 29.6 Å². The van der Waals surface area contributed by atoms with Crippen LogP contribution in [0.1, 0.15) is 41.9 Å². The first-order chi connectivity index (χ1) is 17.6. The van der Waals surface area contributed by atoms with Crippen LogP contribution in [0.4, 0.5) is 16.6 Å². The summed E-state index contributed by atoms with van der Waals surface area (Å²) in [5.74, 6) is -0.833. The number of aromatic nitrogens is 4. The summed E-state index contributed by atoms with van der Waals surface area (Å²) >= 11 is 0. The normalized spacial score (nSPS) is 17.8. The van der Waals surface area contributed by atoms with Crippen LogP contribution in [0.25, 0.3) is 0 Å². The maximum absolute atomic E-state index is 13.7. The number of aryl methyl sites for hydroxylation is 3. The molecule has 1 fully saturated rings. The zero-order chi connectivity index (χ0) is 26.9. The van der Waals surface area contributed by atoms with Crippen molar-refractivity contribution in [3.05, 3.63) is 65.4 Å². The molecule has 4 amide bonds. The lowest BCUT2D eigenvalue weighted by Crippen LogP contribution is -2.70. The van der Waals surface area contributed by atoms with Crippen LogP contribution in [0.15, 0.2) is 42.9 Å². The number of nitrogens with one attached hydrogen (secondary N) is 1. The Hall–Kier alpha value is -4.28. The summed E-state index contributed by atoms with van der Waals surface area (Å²) in [5.41, 5.74) is 9.12. The van der Waals surface area contributed by atoms with Crippen LogP contribution in [0, 0.1) is 19.8 Å². The minimum atomic E-state index is -1.00. The molecule has 3 aromatic heterocycles. The van der Waals surface area contributed by atoms with Gasteiger partial charge in [-0.25, -0.2) is 14.8 Å². The van der Waals surface area contributed by atoms with Crippen molar-refractivity contribution in [1.29, 1.82) is 0 Å². The number of rotatable bonds is 7. The minimum Gasteiger partial charge on any atom is -0.384 e. The van der Waals surface area contributed by atoms with E-state index in [0.717, 1.165) is 27.4 Å². The van der Waals surface area contributed by atoms with E-state index in [9.17, 15) is 14.4 Å². The van der Waals surface area contributed by atoms with Gasteiger partial charge in [-0.2, -0.15) is 0 Å². The summed E-state index contributed by atoms with van der Waals surface area (Å²) in [6, 6.07) is 5.24. The second-order valence-corrected chi connectivity index (χ2v) is 9.33. The highest BCUT2D eigenvalue weighted by Gasteiger charge is 2.55. The Morgan fingerprint density at radius 1 is 1.19 bits per heavy atom. The number of imide groups is 1. The molecule has 0 aromatic carbocycles. The molecule has 0 saturated carbocycles. The maximum atomic E-state index is 13.7. The Bertz CT molecular complexity index is 1340.